The Morgan fingerprint density at radius 3 is 2.42 bits per heavy atom. The Kier molecular flexibility index (Phi) is 6.39. The summed E-state index contributed by atoms with van der Waals surface area (Å²) < 4.78 is 39.3. The second-order valence-electron chi connectivity index (χ2n) is 6.35. The predicted octanol–water partition coefficient (Wildman–Crippen LogP) is 2.07. The highest BCUT2D eigenvalue weighted by Crippen LogP contribution is 2.22. The fourth-order valence-corrected chi connectivity index (χ4v) is 3.66. The van der Waals surface area contributed by atoms with Gasteiger partial charge in [-0.15, -0.1) is 0 Å². The van der Waals surface area contributed by atoms with Crippen LogP contribution in [0.3, 0.4) is 0 Å². The van der Waals surface area contributed by atoms with Crippen LogP contribution in [-0.4, -0.2) is 48.3 Å². The number of carbonyl (C=O) groups excluding carboxylic acids is 1. The third kappa shape index (κ3) is 5.09. The molecule has 0 aliphatic carbocycles. The molecule has 2 aromatic heterocycles. The molecule has 0 spiro atoms. The van der Waals surface area contributed by atoms with E-state index in [0.29, 0.717) is 23.5 Å². The van der Waals surface area contributed by atoms with Crippen LogP contribution in [0.5, 0.6) is 11.9 Å². The Hall–Kier alpha value is -3.67. The lowest BCUT2D eigenvalue weighted by atomic mass is 10.2. The van der Waals surface area contributed by atoms with E-state index >= 15 is 0 Å². The number of benzene rings is 1. The van der Waals surface area contributed by atoms with Gasteiger partial charge in [0.25, 0.3) is 15.9 Å². The van der Waals surface area contributed by atoms with Crippen LogP contribution < -0.4 is 19.5 Å². The summed E-state index contributed by atoms with van der Waals surface area (Å²) in [4.78, 5) is 20.3. The number of rotatable bonds is 8. The molecule has 0 aliphatic heterocycles. The highest BCUT2D eigenvalue weighted by molar-refractivity contribution is 7.92. The van der Waals surface area contributed by atoms with Gasteiger partial charge in [0.1, 0.15) is 0 Å². The molecule has 2 heterocycles. The molecular formula is C19H22N6O5S. The highest BCUT2D eigenvalue weighted by Gasteiger charge is 2.18. The molecule has 164 valence electrons. The normalized spacial score (nSPS) is 11.1. The van der Waals surface area contributed by atoms with Crippen molar-refractivity contribution in [3.05, 3.63) is 47.8 Å². The molecule has 0 radical (unpaired) electrons. The summed E-state index contributed by atoms with van der Waals surface area (Å²) in [5.74, 6) is -0.195. The van der Waals surface area contributed by atoms with Crippen LogP contribution in [0.2, 0.25) is 0 Å². The van der Waals surface area contributed by atoms with E-state index in [9.17, 15) is 13.2 Å². The average molecular weight is 446 g/mol. The van der Waals surface area contributed by atoms with E-state index in [1.54, 1.807) is 17.8 Å². The summed E-state index contributed by atoms with van der Waals surface area (Å²) in [6.07, 6.45) is 1.66. The zero-order valence-corrected chi connectivity index (χ0v) is 18.2. The third-order valence-electron chi connectivity index (χ3n) is 4.25. The number of aryl methyl sites for hydroxylation is 2. The monoisotopic (exact) mass is 446 g/mol. The van der Waals surface area contributed by atoms with Gasteiger partial charge in [0.05, 0.1) is 30.4 Å². The van der Waals surface area contributed by atoms with E-state index < -0.39 is 10.0 Å². The molecule has 0 saturated carbocycles. The van der Waals surface area contributed by atoms with Crippen LogP contribution in [0, 0.1) is 6.92 Å². The van der Waals surface area contributed by atoms with Gasteiger partial charge < -0.3 is 14.8 Å². The second kappa shape index (κ2) is 9.00. The number of hydrogen-bond acceptors (Lipinski definition) is 8. The van der Waals surface area contributed by atoms with Gasteiger partial charge >= 0.3 is 6.01 Å². The molecule has 3 rings (SSSR count). The molecule has 2 N–H and O–H groups in total. The largest absolute Gasteiger partial charge is 0.481 e. The van der Waals surface area contributed by atoms with E-state index in [-0.39, 0.29) is 28.5 Å². The Bertz CT molecular complexity index is 1170. The van der Waals surface area contributed by atoms with Crippen LogP contribution in [0.25, 0.3) is 0 Å². The van der Waals surface area contributed by atoms with Crippen molar-refractivity contribution in [3.8, 4) is 11.9 Å². The quantitative estimate of drug-likeness (QED) is 0.536. The molecule has 0 bridgehead atoms. The summed E-state index contributed by atoms with van der Waals surface area (Å²) in [6, 6.07) is 7.01. The minimum atomic E-state index is -3.94. The molecule has 0 unspecified atom stereocenters. The summed E-state index contributed by atoms with van der Waals surface area (Å²) in [5.41, 5.74) is 1.50. The van der Waals surface area contributed by atoms with Crippen molar-refractivity contribution in [3.63, 3.8) is 0 Å². The zero-order valence-electron chi connectivity index (χ0n) is 17.4. The minimum absolute atomic E-state index is 0.00973. The fourth-order valence-electron chi connectivity index (χ4n) is 2.67. The molecule has 11 nitrogen and oxygen atoms in total. The summed E-state index contributed by atoms with van der Waals surface area (Å²) >= 11 is 0. The first-order valence-electron chi connectivity index (χ1n) is 9.21. The van der Waals surface area contributed by atoms with E-state index in [2.05, 4.69) is 25.1 Å². The van der Waals surface area contributed by atoms with Crippen LogP contribution in [0.4, 0.5) is 11.5 Å². The minimum Gasteiger partial charge on any atom is -0.481 e. The number of ether oxygens (including phenoxy) is 2. The maximum atomic E-state index is 12.7. The summed E-state index contributed by atoms with van der Waals surface area (Å²) in [5, 5.41) is 6.98. The Labute approximate surface area is 179 Å². The number of hydrogen-bond donors (Lipinski definition) is 2. The molecule has 0 atom stereocenters. The molecule has 1 aromatic carbocycles. The van der Waals surface area contributed by atoms with Crippen LogP contribution in [0.15, 0.2) is 41.4 Å². The van der Waals surface area contributed by atoms with E-state index in [4.69, 9.17) is 9.47 Å². The van der Waals surface area contributed by atoms with Crippen LogP contribution >= 0.6 is 0 Å². The van der Waals surface area contributed by atoms with Crippen LogP contribution in [-0.2, 0) is 16.6 Å². The highest BCUT2D eigenvalue weighted by atomic mass is 32.2. The lowest BCUT2D eigenvalue weighted by Crippen LogP contribution is -2.15. The molecule has 1 amide bonds. The summed E-state index contributed by atoms with van der Waals surface area (Å²) in [6.45, 7) is 4.33. The van der Waals surface area contributed by atoms with Gasteiger partial charge in [-0.2, -0.15) is 15.1 Å². The molecule has 0 aliphatic rings. The number of carbonyl (C=O) groups is 1. The first-order valence-corrected chi connectivity index (χ1v) is 10.7. The second-order valence-corrected chi connectivity index (χ2v) is 8.03. The Morgan fingerprint density at radius 1 is 1.13 bits per heavy atom. The lowest BCUT2D eigenvalue weighted by Gasteiger charge is -2.10. The van der Waals surface area contributed by atoms with Crippen molar-refractivity contribution in [2.75, 3.05) is 24.3 Å². The molecule has 31 heavy (non-hydrogen) atoms. The Morgan fingerprint density at radius 2 is 1.84 bits per heavy atom. The van der Waals surface area contributed by atoms with Gasteiger partial charge in [0, 0.05) is 24.5 Å². The molecule has 12 heteroatoms. The number of aromatic nitrogens is 4. The van der Waals surface area contributed by atoms with Gasteiger partial charge in [-0.1, -0.05) is 0 Å². The van der Waals surface area contributed by atoms with Crippen molar-refractivity contribution in [1.29, 1.82) is 0 Å². The maximum Gasteiger partial charge on any atom is 0.321 e. The van der Waals surface area contributed by atoms with E-state index in [1.807, 2.05) is 6.92 Å². The SMILES string of the molecule is CCn1cc(C(=O)Nc2ccc(S(=O)(=O)Nc3cc(OC)nc(OC)n3)cc2)c(C)n1. The van der Waals surface area contributed by atoms with Crippen molar-refractivity contribution in [1.82, 2.24) is 19.7 Å². The zero-order chi connectivity index (χ0) is 22.6. The van der Waals surface area contributed by atoms with E-state index in [0.717, 1.165) is 0 Å². The summed E-state index contributed by atoms with van der Waals surface area (Å²) in [7, 11) is -1.20. The fraction of sp³-hybridized carbons (Fsp3) is 0.263. The third-order valence-corrected chi connectivity index (χ3v) is 5.62. The maximum absolute atomic E-state index is 12.7. The van der Waals surface area contributed by atoms with E-state index in [1.165, 1.54) is 44.6 Å². The number of sulfonamides is 1. The van der Waals surface area contributed by atoms with Gasteiger partial charge in [0.15, 0.2) is 5.82 Å². The van der Waals surface area contributed by atoms with Gasteiger partial charge in [0.2, 0.25) is 5.88 Å². The smallest absolute Gasteiger partial charge is 0.321 e. The standard InChI is InChI=1S/C19H22N6O5S/c1-5-25-11-15(12(2)23-25)18(26)20-13-6-8-14(9-7-13)31(27,28)24-16-10-17(29-3)22-19(21-16)30-4/h6-11H,5H2,1-4H3,(H,20,26)(H,21,22,24). The lowest BCUT2D eigenvalue weighted by molar-refractivity contribution is 0.102. The van der Waals surface area contributed by atoms with Crippen molar-refractivity contribution >= 4 is 27.4 Å². The first kappa shape index (κ1) is 22.0. The van der Waals surface area contributed by atoms with Gasteiger partial charge in [-0.25, -0.2) is 8.42 Å². The van der Waals surface area contributed by atoms with Crippen LogP contribution in [0.1, 0.15) is 23.0 Å². The van der Waals surface area contributed by atoms with Crippen molar-refractivity contribution in [2.24, 2.45) is 0 Å². The first-order chi connectivity index (χ1) is 14.7. The molecule has 0 fully saturated rings. The number of methoxy groups -OCH3 is 2. The number of amides is 1. The topological polar surface area (TPSA) is 137 Å². The van der Waals surface area contributed by atoms with Gasteiger partial charge in [-0.3, -0.25) is 14.2 Å². The number of nitrogens with one attached hydrogen (secondary N) is 2. The predicted molar refractivity (Wildman–Crippen MR) is 113 cm³/mol. The average Bonchev–Trinajstić information content (AvgIpc) is 3.14. The van der Waals surface area contributed by atoms with Crippen molar-refractivity contribution < 1.29 is 22.7 Å². The van der Waals surface area contributed by atoms with Gasteiger partial charge in [-0.05, 0) is 38.1 Å². The van der Waals surface area contributed by atoms with Crippen molar-refractivity contribution in [2.45, 2.75) is 25.3 Å². The molecule has 0 saturated heterocycles. The number of anilines is 2. The number of nitrogens with zero attached hydrogens (tertiary/aromatic N) is 4. The molecular weight excluding hydrogens is 424 g/mol. The Balaban J connectivity index is 1.75. The molecule has 3 aromatic rings.